The summed E-state index contributed by atoms with van der Waals surface area (Å²) in [7, 11) is 0. The number of aliphatic hydroxyl groups excluding tert-OH is 4. The Hall–Kier alpha value is -1.30. The molecule has 6 unspecified atom stereocenters. The van der Waals surface area contributed by atoms with Crippen LogP contribution in [0.1, 0.15) is 251 Å². The van der Waals surface area contributed by atoms with Gasteiger partial charge in [0, 0.05) is 12.8 Å². The van der Waals surface area contributed by atoms with Crippen LogP contribution in [0, 0.1) is 0 Å². The monoisotopic (exact) mass is 857 g/mol. The third kappa shape index (κ3) is 32.4. The van der Waals surface area contributed by atoms with E-state index in [1.807, 2.05) is 0 Å². The summed E-state index contributed by atoms with van der Waals surface area (Å²) in [6, 6.07) is 0. The van der Waals surface area contributed by atoms with Crippen molar-refractivity contribution in [1.82, 2.24) is 0 Å². The van der Waals surface area contributed by atoms with Crippen molar-refractivity contribution in [2.45, 2.75) is 288 Å². The number of carbonyl (C=O) groups is 2. The first-order chi connectivity index (χ1) is 29.3. The van der Waals surface area contributed by atoms with Crippen molar-refractivity contribution in [2.75, 3.05) is 19.8 Å². The van der Waals surface area contributed by atoms with Crippen LogP contribution in [-0.4, -0.2) is 89.0 Å². The molecule has 4 N–H and O–H groups in total. The van der Waals surface area contributed by atoms with Gasteiger partial charge in [-0.05, 0) is 12.8 Å². The summed E-state index contributed by atoms with van der Waals surface area (Å²) in [4.78, 5) is 25.4. The van der Waals surface area contributed by atoms with Gasteiger partial charge in [0.2, 0.25) is 0 Å². The number of ether oxygens (including phenoxy) is 4. The summed E-state index contributed by atoms with van der Waals surface area (Å²) in [6.07, 6.45) is 36.8. The van der Waals surface area contributed by atoms with Gasteiger partial charge in [0.25, 0.3) is 0 Å². The van der Waals surface area contributed by atoms with E-state index in [-0.39, 0.29) is 32.0 Å². The van der Waals surface area contributed by atoms with Crippen molar-refractivity contribution in [3.05, 3.63) is 0 Å². The van der Waals surface area contributed by atoms with Crippen molar-refractivity contribution in [2.24, 2.45) is 0 Å². The molecule has 1 saturated heterocycles. The number of carbonyl (C=O) groups excluding carboxylic acids is 2. The van der Waals surface area contributed by atoms with Crippen LogP contribution in [0.3, 0.4) is 0 Å². The Morgan fingerprint density at radius 3 is 1.13 bits per heavy atom. The molecule has 356 valence electrons. The van der Waals surface area contributed by atoms with Crippen molar-refractivity contribution in [3.63, 3.8) is 0 Å². The molecule has 0 aromatic carbocycles. The second kappa shape index (κ2) is 41.7. The van der Waals surface area contributed by atoms with Crippen LogP contribution in [0.5, 0.6) is 0 Å². The first-order valence-electron chi connectivity index (χ1n) is 25.6. The molecule has 10 heteroatoms. The summed E-state index contributed by atoms with van der Waals surface area (Å²) in [5.41, 5.74) is 0. The Bertz CT molecular complexity index is 948. The zero-order valence-electron chi connectivity index (χ0n) is 39.0. The van der Waals surface area contributed by atoms with Gasteiger partial charge in [-0.25, -0.2) is 0 Å². The molecule has 0 saturated carbocycles. The number of hydrogen-bond donors (Lipinski definition) is 4. The average Bonchev–Trinajstić information content (AvgIpc) is 3.25. The van der Waals surface area contributed by atoms with Gasteiger partial charge in [-0.2, -0.15) is 0 Å². The van der Waals surface area contributed by atoms with Crippen molar-refractivity contribution >= 4 is 11.9 Å². The number of aliphatic hydroxyl groups is 4. The highest BCUT2D eigenvalue weighted by atomic mass is 16.7. The van der Waals surface area contributed by atoms with Crippen LogP contribution >= 0.6 is 0 Å². The van der Waals surface area contributed by atoms with E-state index in [9.17, 15) is 30.0 Å². The maximum atomic E-state index is 12.8. The highest BCUT2D eigenvalue weighted by molar-refractivity contribution is 5.70. The maximum absolute atomic E-state index is 12.8. The molecule has 0 spiro atoms. The van der Waals surface area contributed by atoms with Gasteiger partial charge in [0.15, 0.2) is 12.4 Å². The Morgan fingerprint density at radius 2 is 0.783 bits per heavy atom. The topological polar surface area (TPSA) is 152 Å². The molecule has 6 atom stereocenters. The Morgan fingerprint density at radius 1 is 0.450 bits per heavy atom. The van der Waals surface area contributed by atoms with E-state index in [4.69, 9.17) is 18.9 Å². The van der Waals surface area contributed by atoms with Crippen LogP contribution in [0.4, 0.5) is 0 Å². The molecule has 10 nitrogen and oxygen atoms in total. The standard InChI is InChI=1S/C50H96O10/c1-3-5-7-9-11-13-15-17-19-21-23-25-27-29-31-33-35-37-39-46(53)59-43(42-58-50-49(56)48(55)47(54)44(40-51)60-50)41-57-45(52)38-36-34-32-30-28-26-24-22-20-18-16-14-12-10-8-6-4-2/h43-44,47-51,54-56H,3-42H2,1-2H3. The molecule has 1 heterocycles. The third-order valence-electron chi connectivity index (χ3n) is 12.2. The Balaban J connectivity index is 2.25. The fraction of sp³-hybridized carbons (Fsp3) is 0.960. The van der Waals surface area contributed by atoms with Crippen LogP contribution in [0.2, 0.25) is 0 Å². The first kappa shape index (κ1) is 56.7. The Kier molecular flexibility index (Phi) is 39.4. The van der Waals surface area contributed by atoms with Crippen LogP contribution in [0.25, 0.3) is 0 Å². The molecule has 0 aromatic rings. The van der Waals surface area contributed by atoms with Crippen LogP contribution < -0.4 is 0 Å². The van der Waals surface area contributed by atoms with Crippen molar-refractivity contribution in [3.8, 4) is 0 Å². The van der Waals surface area contributed by atoms with Gasteiger partial charge in [-0.1, -0.05) is 226 Å². The quantitative estimate of drug-likeness (QED) is 0.0344. The second-order valence-corrected chi connectivity index (χ2v) is 18.0. The van der Waals surface area contributed by atoms with Crippen LogP contribution in [0.15, 0.2) is 0 Å². The van der Waals surface area contributed by atoms with Gasteiger partial charge in [0.1, 0.15) is 31.0 Å². The highest BCUT2D eigenvalue weighted by Gasteiger charge is 2.44. The summed E-state index contributed by atoms with van der Waals surface area (Å²) < 4.78 is 22.3. The summed E-state index contributed by atoms with van der Waals surface area (Å²) in [5, 5.41) is 40.2. The van der Waals surface area contributed by atoms with E-state index in [0.29, 0.717) is 6.42 Å². The molecule has 0 aromatic heterocycles. The predicted octanol–water partition coefficient (Wildman–Crippen LogP) is 11.7. The molecule has 1 aliphatic rings. The van der Waals surface area contributed by atoms with Crippen molar-refractivity contribution in [1.29, 1.82) is 0 Å². The molecule has 0 aliphatic carbocycles. The molecule has 1 fully saturated rings. The molecule has 60 heavy (non-hydrogen) atoms. The SMILES string of the molecule is CCCCCCCCCCCCCCCCCCCCC(=O)OC(COC(=O)CCCCCCCCCCCCCCCCCCC)COC1OC(CO)C(O)C(O)C1O. The molecule has 1 aliphatic heterocycles. The van der Waals surface area contributed by atoms with Gasteiger partial charge in [-0.3, -0.25) is 9.59 Å². The first-order valence-corrected chi connectivity index (χ1v) is 25.6. The predicted molar refractivity (Wildman–Crippen MR) is 243 cm³/mol. The van der Waals surface area contributed by atoms with E-state index in [0.717, 1.165) is 38.5 Å². The lowest BCUT2D eigenvalue weighted by Gasteiger charge is -2.39. The van der Waals surface area contributed by atoms with Gasteiger partial charge < -0.3 is 39.4 Å². The minimum absolute atomic E-state index is 0.208. The maximum Gasteiger partial charge on any atom is 0.306 e. The van der Waals surface area contributed by atoms with E-state index in [2.05, 4.69) is 13.8 Å². The number of hydrogen-bond acceptors (Lipinski definition) is 10. The number of esters is 2. The fourth-order valence-corrected chi connectivity index (χ4v) is 8.19. The van der Waals surface area contributed by atoms with E-state index in [1.54, 1.807) is 0 Å². The lowest BCUT2D eigenvalue weighted by atomic mass is 9.99. The average molecular weight is 857 g/mol. The second-order valence-electron chi connectivity index (χ2n) is 18.0. The molecule has 0 amide bonds. The minimum atomic E-state index is -1.59. The molecule has 0 radical (unpaired) electrons. The summed E-state index contributed by atoms with van der Waals surface area (Å²) in [6.45, 7) is 3.48. The largest absolute Gasteiger partial charge is 0.462 e. The van der Waals surface area contributed by atoms with Crippen molar-refractivity contribution < 1.29 is 49.0 Å². The molecular weight excluding hydrogens is 761 g/mol. The highest BCUT2D eigenvalue weighted by Crippen LogP contribution is 2.23. The van der Waals surface area contributed by atoms with Crippen LogP contribution in [-0.2, 0) is 28.5 Å². The smallest absolute Gasteiger partial charge is 0.306 e. The van der Waals surface area contributed by atoms with E-state index >= 15 is 0 Å². The summed E-state index contributed by atoms with van der Waals surface area (Å²) >= 11 is 0. The third-order valence-corrected chi connectivity index (χ3v) is 12.2. The molecule has 1 rings (SSSR count). The fourth-order valence-electron chi connectivity index (χ4n) is 8.19. The zero-order chi connectivity index (χ0) is 43.7. The normalized spacial score (nSPS) is 19.7. The number of rotatable bonds is 44. The lowest BCUT2D eigenvalue weighted by Crippen LogP contribution is -2.59. The number of unbranched alkanes of at least 4 members (excludes halogenated alkanes) is 33. The zero-order valence-corrected chi connectivity index (χ0v) is 39.0. The van der Waals surface area contributed by atoms with Gasteiger partial charge in [-0.15, -0.1) is 0 Å². The molecular formula is C50H96O10. The minimum Gasteiger partial charge on any atom is -0.462 e. The van der Waals surface area contributed by atoms with Gasteiger partial charge in [0.05, 0.1) is 13.2 Å². The van der Waals surface area contributed by atoms with E-state index in [1.165, 1.54) is 180 Å². The molecule has 0 bridgehead atoms. The van der Waals surface area contributed by atoms with Gasteiger partial charge >= 0.3 is 11.9 Å². The lowest BCUT2D eigenvalue weighted by molar-refractivity contribution is -0.305. The summed E-state index contributed by atoms with van der Waals surface area (Å²) in [5.74, 6) is -0.786. The van der Waals surface area contributed by atoms with E-state index < -0.39 is 49.4 Å². The Labute approximate surface area is 368 Å².